The zero-order chi connectivity index (χ0) is 6.85. The second-order valence-corrected chi connectivity index (χ2v) is 5.22. The maximum absolute atomic E-state index is 2.37. The van der Waals surface area contributed by atoms with Crippen LogP contribution >= 0.6 is 11.8 Å². The summed E-state index contributed by atoms with van der Waals surface area (Å²) in [5.41, 5.74) is 0. The van der Waals surface area contributed by atoms with Crippen LogP contribution in [0.4, 0.5) is 0 Å². The van der Waals surface area contributed by atoms with Gasteiger partial charge in [-0.15, -0.1) is 0 Å². The molecule has 1 heteroatoms. The fraction of sp³-hybridized carbons (Fsp3) is 1.00. The molecule has 1 aliphatic rings. The van der Waals surface area contributed by atoms with Gasteiger partial charge in [-0.25, -0.2) is 0 Å². The van der Waals surface area contributed by atoms with Gasteiger partial charge in [0.25, 0.3) is 0 Å². The molecular formula is C8H16S. The van der Waals surface area contributed by atoms with Crippen molar-refractivity contribution in [1.29, 1.82) is 0 Å². The Bertz CT molecular complexity index is 65.5. The van der Waals surface area contributed by atoms with Gasteiger partial charge >= 0.3 is 0 Å². The highest BCUT2D eigenvalue weighted by Crippen LogP contribution is 2.34. The molecule has 2 atom stereocenters. The lowest BCUT2D eigenvalue weighted by Gasteiger charge is -2.28. The average Bonchev–Trinajstić information content (AvgIpc) is 1.59. The van der Waals surface area contributed by atoms with Crippen molar-refractivity contribution in [3.05, 3.63) is 0 Å². The fourth-order valence-corrected chi connectivity index (χ4v) is 3.41. The Morgan fingerprint density at radius 1 is 1.00 bits per heavy atom. The number of hydrogen-bond donors (Lipinski definition) is 0. The van der Waals surface area contributed by atoms with Crippen LogP contribution in [0.2, 0.25) is 0 Å². The Morgan fingerprint density at radius 3 is 1.78 bits per heavy atom. The van der Waals surface area contributed by atoms with Crippen LogP contribution in [-0.2, 0) is 0 Å². The van der Waals surface area contributed by atoms with Crippen molar-refractivity contribution in [3.8, 4) is 0 Å². The Hall–Kier alpha value is 0.350. The van der Waals surface area contributed by atoms with E-state index in [1.54, 1.807) is 0 Å². The summed E-state index contributed by atoms with van der Waals surface area (Å²) in [5, 5.41) is 1.81. The predicted molar refractivity (Wildman–Crippen MR) is 44.9 cm³/mol. The Labute approximate surface area is 62.4 Å². The van der Waals surface area contributed by atoms with Crippen LogP contribution in [0.1, 0.15) is 33.6 Å². The topological polar surface area (TPSA) is 0 Å². The van der Waals surface area contributed by atoms with E-state index in [9.17, 15) is 0 Å². The Morgan fingerprint density at radius 2 is 1.44 bits per heavy atom. The van der Waals surface area contributed by atoms with Gasteiger partial charge in [0, 0.05) is 10.5 Å². The van der Waals surface area contributed by atoms with Crippen molar-refractivity contribution in [3.63, 3.8) is 0 Å². The SMILES string of the molecule is CC1CC(C)SC(C)C1. The molecule has 1 rings (SSSR count). The third-order valence-electron chi connectivity index (χ3n) is 1.93. The number of thioether (sulfide) groups is 1. The van der Waals surface area contributed by atoms with E-state index in [-0.39, 0.29) is 0 Å². The van der Waals surface area contributed by atoms with Crippen molar-refractivity contribution in [2.24, 2.45) is 5.92 Å². The summed E-state index contributed by atoms with van der Waals surface area (Å²) in [6, 6.07) is 0. The molecule has 0 spiro atoms. The van der Waals surface area contributed by atoms with Crippen LogP contribution in [0.25, 0.3) is 0 Å². The lowest BCUT2D eigenvalue weighted by Crippen LogP contribution is -2.18. The molecule has 1 heterocycles. The lowest BCUT2D eigenvalue weighted by molar-refractivity contribution is 0.472. The second kappa shape index (κ2) is 2.96. The largest absolute Gasteiger partial charge is 0.156 e. The maximum atomic E-state index is 2.37. The molecule has 0 amide bonds. The van der Waals surface area contributed by atoms with Crippen molar-refractivity contribution >= 4 is 11.8 Å². The Kier molecular flexibility index (Phi) is 2.45. The molecule has 1 fully saturated rings. The molecular weight excluding hydrogens is 128 g/mol. The summed E-state index contributed by atoms with van der Waals surface area (Å²) in [6.07, 6.45) is 2.85. The molecule has 0 aliphatic carbocycles. The van der Waals surface area contributed by atoms with Crippen LogP contribution in [0, 0.1) is 5.92 Å². The molecule has 54 valence electrons. The predicted octanol–water partition coefficient (Wildman–Crippen LogP) is 2.93. The van der Waals surface area contributed by atoms with Gasteiger partial charge in [0.15, 0.2) is 0 Å². The molecule has 0 saturated carbocycles. The zero-order valence-corrected chi connectivity index (χ0v) is 7.37. The van der Waals surface area contributed by atoms with Gasteiger partial charge in [0.2, 0.25) is 0 Å². The lowest BCUT2D eigenvalue weighted by atomic mass is 10.00. The van der Waals surface area contributed by atoms with Gasteiger partial charge in [0.05, 0.1) is 0 Å². The van der Waals surface area contributed by atoms with E-state index < -0.39 is 0 Å². The van der Waals surface area contributed by atoms with Gasteiger partial charge in [-0.1, -0.05) is 20.8 Å². The highest BCUT2D eigenvalue weighted by atomic mass is 32.2. The minimum absolute atomic E-state index is 0.906. The molecule has 0 aromatic rings. The number of hydrogen-bond acceptors (Lipinski definition) is 1. The third kappa shape index (κ3) is 2.21. The molecule has 2 unspecified atom stereocenters. The van der Waals surface area contributed by atoms with Crippen LogP contribution < -0.4 is 0 Å². The molecule has 0 N–H and O–H groups in total. The first-order valence-corrected chi connectivity index (χ1v) is 4.78. The van der Waals surface area contributed by atoms with Crippen molar-refractivity contribution in [2.45, 2.75) is 44.1 Å². The van der Waals surface area contributed by atoms with Crippen LogP contribution in [0.5, 0.6) is 0 Å². The standard InChI is InChI=1S/C8H16S/c1-6-4-7(2)9-8(3)5-6/h6-8H,4-5H2,1-3H3. The third-order valence-corrected chi connectivity index (χ3v) is 3.25. The van der Waals surface area contributed by atoms with E-state index in [0.717, 1.165) is 16.4 Å². The van der Waals surface area contributed by atoms with Gasteiger partial charge in [0.1, 0.15) is 0 Å². The first-order chi connectivity index (χ1) is 4.18. The molecule has 0 radical (unpaired) electrons. The molecule has 9 heavy (non-hydrogen) atoms. The quantitative estimate of drug-likeness (QED) is 0.503. The second-order valence-electron chi connectivity index (χ2n) is 3.33. The van der Waals surface area contributed by atoms with Gasteiger partial charge in [-0.05, 0) is 18.8 Å². The fourth-order valence-electron chi connectivity index (χ4n) is 1.74. The van der Waals surface area contributed by atoms with E-state index in [1.807, 2.05) is 0 Å². The monoisotopic (exact) mass is 144 g/mol. The molecule has 1 saturated heterocycles. The van der Waals surface area contributed by atoms with Crippen molar-refractivity contribution in [1.82, 2.24) is 0 Å². The first-order valence-electron chi connectivity index (χ1n) is 3.84. The summed E-state index contributed by atoms with van der Waals surface area (Å²) in [7, 11) is 0. The van der Waals surface area contributed by atoms with Gasteiger partial charge < -0.3 is 0 Å². The normalized spacial score (nSPS) is 45.0. The molecule has 0 aromatic heterocycles. The average molecular weight is 144 g/mol. The van der Waals surface area contributed by atoms with E-state index in [0.29, 0.717) is 0 Å². The molecule has 0 bridgehead atoms. The highest BCUT2D eigenvalue weighted by Gasteiger charge is 2.20. The summed E-state index contributed by atoms with van der Waals surface area (Å²) in [6.45, 7) is 7.06. The van der Waals surface area contributed by atoms with Gasteiger partial charge in [-0.3, -0.25) is 0 Å². The molecule has 1 aliphatic heterocycles. The smallest absolute Gasteiger partial charge is 0.00239 e. The van der Waals surface area contributed by atoms with E-state index in [2.05, 4.69) is 32.5 Å². The van der Waals surface area contributed by atoms with E-state index in [1.165, 1.54) is 12.8 Å². The minimum Gasteiger partial charge on any atom is -0.156 e. The van der Waals surface area contributed by atoms with E-state index >= 15 is 0 Å². The highest BCUT2D eigenvalue weighted by molar-refractivity contribution is 8.00. The van der Waals surface area contributed by atoms with E-state index in [4.69, 9.17) is 0 Å². The van der Waals surface area contributed by atoms with Crippen molar-refractivity contribution < 1.29 is 0 Å². The van der Waals surface area contributed by atoms with Crippen LogP contribution in [0.3, 0.4) is 0 Å². The first kappa shape index (κ1) is 7.46. The Balaban J connectivity index is 2.34. The number of rotatable bonds is 0. The summed E-state index contributed by atoms with van der Waals surface area (Å²) >= 11 is 2.14. The minimum atomic E-state index is 0.906. The summed E-state index contributed by atoms with van der Waals surface area (Å²) < 4.78 is 0. The molecule has 0 nitrogen and oxygen atoms in total. The summed E-state index contributed by atoms with van der Waals surface area (Å²) in [4.78, 5) is 0. The zero-order valence-electron chi connectivity index (χ0n) is 6.55. The van der Waals surface area contributed by atoms with Gasteiger partial charge in [-0.2, -0.15) is 11.8 Å². The maximum Gasteiger partial charge on any atom is 0.00239 e. The van der Waals surface area contributed by atoms with Crippen LogP contribution in [0.15, 0.2) is 0 Å². The van der Waals surface area contributed by atoms with Crippen molar-refractivity contribution in [2.75, 3.05) is 0 Å². The summed E-state index contributed by atoms with van der Waals surface area (Å²) in [5.74, 6) is 0.969. The van der Waals surface area contributed by atoms with Crippen LogP contribution in [-0.4, -0.2) is 10.5 Å². The molecule has 0 aromatic carbocycles.